The lowest BCUT2D eigenvalue weighted by molar-refractivity contribution is -0.122. The number of rotatable bonds is 9. The zero-order chi connectivity index (χ0) is 24.1. The summed E-state index contributed by atoms with van der Waals surface area (Å²) in [6.07, 6.45) is 0.619. The minimum absolute atomic E-state index is 0.0202. The summed E-state index contributed by atoms with van der Waals surface area (Å²) in [5.41, 5.74) is 4.36. The van der Waals surface area contributed by atoms with Crippen molar-refractivity contribution >= 4 is 18.0 Å². The Morgan fingerprint density at radius 2 is 1.71 bits per heavy atom. The molecule has 1 aliphatic carbocycles. The van der Waals surface area contributed by atoms with Crippen LogP contribution in [0.5, 0.6) is 0 Å². The first-order valence-electron chi connectivity index (χ1n) is 10.9. The molecule has 9 nitrogen and oxygen atoms in total. The van der Waals surface area contributed by atoms with Crippen LogP contribution in [0.15, 0.2) is 59.3 Å². The van der Waals surface area contributed by atoms with E-state index in [1.54, 1.807) is 0 Å². The van der Waals surface area contributed by atoms with Gasteiger partial charge in [-0.05, 0) is 28.2 Å². The van der Waals surface area contributed by atoms with Crippen molar-refractivity contribution in [3.63, 3.8) is 0 Å². The van der Waals surface area contributed by atoms with E-state index in [0.29, 0.717) is 0 Å². The van der Waals surface area contributed by atoms with Gasteiger partial charge in [-0.3, -0.25) is 4.79 Å². The van der Waals surface area contributed by atoms with Crippen molar-refractivity contribution in [3.8, 4) is 11.1 Å². The number of benzene rings is 2. The van der Waals surface area contributed by atoms with Crippen molar-refractivity contribution in [3.05, 3.63) is 77.5 Å². The van der Waals surface area contributed by atoms with Gasteiger partial charge in [0, 0.05) is 18.9 Å². The molecule has 1 aromatic heterocycles. The zero-order valence-electron chi connectivity index (χ0n) is 18.6. The Kier molecular flexibility index (Phi) is 6.91. The molecule has 0 bridgehead atoms. The maximum Gasteiger partial charge on any atom is 0.407 e. The van der Waals surface area contributed by atoms with E-state index in [1.165, 1.54) is 0 Å². The number of aromatic carboxylic acids is 1. The van der Waals surface area contributed by atoms with Gasteiger partial charge >= 0.3 is 12.1 Å². The third-order valence-electron chi connectivity index (χ3n) is 5.76. The van der Waals surface area contributed by atoms with Gasteiger partial charge in [-0.25, -0.2) is 14.6 Å². The van der Waals surface area contributed by atoms with E-state index in [4.69, 9.17) is 14.3 Å². The van der Waals surface area contributed by atoms with Gasteiger partial charge in [0.05, 0.1) is 6.54 Å². The molecule has 2 amide bonds. The molecule has 0 fully saturated rings. The van der Waals surface area contributed by atoms with Crippen LogP contribution >= 0.6 is 0 Å². The fourth-order valence-corrected chi connectivity index (χ4v) is 4.12. The lowest BCUT2D eigenvalue weighted by atomic mass is 9.98. The maximum atomic E-state index is 12.3. The molecule has 0 spiro atoms. The number of fused-ring (bicyclic) bond motifs is 3. The monoisotopic (exact) mass is 463 g/mol. The highest BCUT2D eigenvalue weighted by Gasteiger charge is 2.29. The van der Waals surface area contributed by atoms with Crippen LogP contribution in [0, 0.1) is 5.92 Å². The van der Waals surface area contributed by atoms with Gasteiger partial charge in [-0.15, -0.1) is 0 Å². The summed E-state index contributed by atoms with van der Waals surface area (Å²) in [4.78, 5) is 39.1. The van der Waals surface area contributed by atoms with Crippen molar-refractivity contribution in [2.75, 3.05) is 13.2 Å². The zero-order valence-corrected chi connectivity index (χ0v) is 18.6. The lowest BCUT2D eigenvalue weighted by Crippen LogP contribution is -2.33. The second kappa shape index (κ2) is 10.2. The second-order valence-electron chi connectivity index (χ2n) is 8.22. The third kappa shape index (κ3) is 5.09. The van der Waals surface area contributed by atoms with E-state index in [0.717, 1.165) is 28.6 Å². The highest BCUT2D eigenvalue weighted by Crippen LogP contribution is 2.44. The molecule has 2 aromatic carbocycles. The average Bonchev–Trinajstić information content (AvgIpc) is 3.43. The standard InChI is InChI=1S/C25H25N3O6/c1-15(10-22(29)26-12-21-23(24(30)31)28-14-34-21)11-27-25(32)33-13-20-18-8-4-2-6-16(18)17-7-3-5-9-19(17)20/h2-9,14-15,20H,10-13H2,1H3,(H,26,29)(H,27,32)(H,30,31). The van der Waals surface area contributed by atoms with Crippen LogP contribution in [0.3, 0.4) is 0 Å². The summed E-state index contributed by atoms with van der Waals surface area (Å²) in [6.45, 7) is 2.22. The third-order valence-corrected chi connectivity index (χ3v) is 5.76. The van der Waals surface area contributed by atoms with Crippen molar-refractivity contribution in [1.29, 1.82) is 0 Å². The molecule has 0 aliphatic heterocycles. The van der Waals surface area contributed by atoms with Crippen LogP contribution in [0.2, 0.25) is 0 Å². The molecule has 34 heavy (non-hydrogen) atoms. The predicted molar refractivity (Wildman–Crippen MR) is 122 cm³/mol. The molecule has 0 saturated carbocycles. The van der Waals surface area contributed by atoms with Gasteiger partial charge in [-0.1, -0.05) is 55.5 Å². The normalized spacial score (nSPS) is 13.0. The quantitative estimate of drug-likeness (QED) is 0.442. The number of hydrogen-bond donors (Lipinski definition) is 3. The van der Waals surface area contributed by atoms with Gasteiger partial charge in [0.15, 0.2) is 17.8 Å². The molecule has 0 radical (unpaired) electrons. The summed E-state index contributed by atoms with van der Waals surface area (Å²) in [7, 11) is 0. The topological polar surface area (TPSA) is 131 Å². The number of aromatic nitrogens is 1. The number of carbonyl (C=O) groups excluding carboxylic acids is 2. The number of carboxylic acids is 1. The Morgan fingerprint density at radius 1 is 1.06 bits per heavy atom. The van der Waals surface area contributed by atoms with E-state index in [1.807, 2.05) is 31.2 Å². The Bertz CT molecular complexity index is 1160. The van der Waals surface area contributed by atoms with Crippen LogP contribution < -0.4 is 10.6 Å². The molecule has 1 unspecified atom stereocenters. The minimum Gasteiger partial charge on any atom is -0.476 e. The maximum absolute atomic E-state index is 12.3. The highest BCUT2D eigenvalue weighted by atomic mass is 16.5. The van der Waals surface area contributed by atoms with E-state index in [2.05, 4.69) is 39.9 Å². The fourth-order valence-electron chi connectivity index (χ4n) is 4.12. The smallest absolute Gasteiger partial charge is 0.407 e. The van der Waals surface area contributed by atoms with Crippen LogP contribution in [-0.4, -0.2) is 41.2 Å². The average molecular weight is 463 g/mol. The number of carbonyl (C=O) groups is 3. The van der Waals surface area contributed by atoms with Gasteiger partial charge in [-0.2, -0.15) is 0 Å². The number of nitrogens with one attached hydrogen (secondary N) is 2. The molecule has 176 valence electrons. The van der Waals surface area contributed by atoms with Crippen LogP contribution in [-0.2, 0) is 16.1 Å². The molecule has 3 aromatic rings. The molecule has 3 N–H and O–H groups in total. The largest absolute Gasteiger partial charge is 0.476 e. The number of amides is 2. The number of carboxylic acid groups (broad SMARTS) is 1. The lowest BCUT2D eigenvalue weighted by Gasteiger charge is -2.16. The predicted octanol–water partition coefficient (Wildman–Crippen LogP) is 3.55. The van der Waals surface area contributed by atoms with E-state index in [-0.39, 0.29) is 55.3 Å². The Labute approximate surface area is 196 Å². The Morgan fingerprint density at radius 3 is 2.35 bits per heavy atom. The number of alkyl carbamates (subject to hydrolysis) is 1. The first-order chi connectivity index (χ1) is 16.4. The van der Waals surface area contributed by atoms with Gasteiger partial charge < -0.3 is 24.9 Å². The SMILES string of the molecule is CC(CNC(=O)OCC1c2ccccc2-c2ccccc21)CC(=O)NCc1ocnc1C(=O)O. The van der Waals surface area contributed by atoms with Crippen LogP contribution in [0.1, 0.15) is 46.6 Å². The second-order valence-corrected chi connectivity index (χ2v) is 8.22. The molecule has 9 heteroatoms. The summed E-state index contributed by atoms with van der Waals surface area (Å²) in [5.74, 6) is -1.62. The summed E-state index contributed by atoms with van der Waals surface area (Å²) >= 11 is 0. The first kappa shape index (κ1) is 23.0. The summed E-state index contributed by atoms with van der Waals surface area (Å²) < 4.78 is 10.5. The fraction of sp³-hybridized carbons (Fsp3) is 0.280. The van der Waals surface area contributed by atoms with Gasteiger partial charge in [0.2, 0.25) is 5.91 Å². The van der Waals surface area contributed by atoms with E-state index in [9.17, 15) is 14.4 Å². The van der Waals surface area contributed by atoms with Crippen molar-refractivity contribution in [1.82, 2.24) is 15.6 Å². The Balaban J connectivity index is 1.22. The number of nitrogens with zero attached hydrogens (tertiary/aromatic N) is 1. The van der Waals surface area contributed by atoms with Crippen molar-refractivity contribution in [2.24, 2.45) is 5.92 Å². The molecule has 1 atom stereocenters. The van der Waals surface area contributed by atoms with Gasteiger partial charge in [0.1, 0.15) is 6.61 Å². The highest BCUT2D eigenvalue weighted by molar-refractivity contribution is 5.86. The molecular weight excluding hydrogens is 438 g/mol. The number of ether oxygens (including phenoxy) is 1. The number of hydrogen-bond acceptors (Lipinski definition) is 6. The molecule has 1 heterocycles. The Hall–Kier alpha value is -4.14. The molecule has 4 rings (SSSR count). The van der Waals surface area contributed by atoms with Gasteiger partial charge in [0.25, 0.3) is 0 Å². The van der Waals surface area contributed by atoms with E-state index >= 15 is 0 Å². The van der Waals surface area contributed by atoms with Crippen LogP contribution in [0.4, 0.5) is 4.79 Å². The number of oxazole rings is 1. The molecular formula is C25H25N3O6. The first-order valence-corrected chi connectivity index (χ1v) is 10.9. The molecule has 1 aliphatic rings. The van der Waals surface area contributed by atoms with E-state index < -0.39 is 12.1 Å². The summed E-state index contributed by atoms with van der Waals surface area (Å²) in [6, 6.07) is 16.2. The van der Waals surface area contributed by atoms with Crippen molar-refractivity contribution in [2.45, 2.75) is 25.8 Å². The minimum atomic E-state index is -1.22. The molecule has 0 saturated heterocycles. The van der Waals surface area contributed by atoms with Crippen LogP contribution in [0.25, 0.3) is 11.1 Å². The summed E-state index contributed by atoms with van der Waals surface area (Å²) in [5, 5.41) is 14.3. The van der Waals surface area contributed by atoms with Crippen molar-refractivity contribution < 1.29 is 28.6 Å².